The minimum atomic E-state index is -3.01. The van der Waals surface area contributed by atoms with E-state index in [0.717, 1.165) is 6.20 Å². The third-order valence-electron chi connectivity index (χ3n) is 1.77. The summed E-state index contributed by atoms with van der Waals surface area (Å²) in [6.45, 7) is 0. The minimum absolute atomic E-state index is 0.127. The van der Waals surface area contributed by atoms with Crippen molar-refractivity contribution in [1.29, 1.82) is 0 Å². The number of rotatable bonds is 2. The maximum absolute atomic E-state index is 12.1. The average molecular weight is 197 g/mol. The lowest BCUT2D eigenvalue weighted by atomic mass is 10.3. The summed E-state index contributed by atoms with van der Waals surface area (Å²) in [7, 11) is 0. The number of halogens is 2. The molecule has 0 unspecified atom stereocenters. The van der Waals surface area contributed by atoms with Crippen LogP contribution in [0.5, 0.6) is 0 Å². The lowest BCUT2D eigenvalue weighted by Gasteiger charge is -1.98. The molecule has 0 saturated heterocycles. The standard InChI is InChI=1S/C8H5F2N3O/c9-8(10)7(14)5-3-12-6-4-11-1-2-13(5)6/h1-4,8H. The summed E-state index contributed by atoms with van der Waals surface area (Å²) >= 11 is 0. The van der Waals surface area contributed by atoms with E-state index >= 15 is 0 Å². The van der Waals surface area contributed by atoms with Gasteiger partial charge < -0.3 is 0 Å². The minimum Gasteiger partial charge on any atom is -0.294 e. The van der Waals surface area contributed by atoms with Crippen LogP contribution >= 0.6 is 0 Å². The number of fused-ring (bicyclic) bond motifs is 1. The molecular weight excluding hydrogens is 192 g/mol. The molecule has 0 fully saturated rings. The van der Waals surface area contributed by atoms with E-state index in [9.17, 15) is 13.6 Å². The van der Waals surface area contributed by atoms with Crippen molar-refractivity contribution in [3.05, 3.63) is 30.5 Å². The van der Waals surface area contributed by atoms with E-state index in [4.69, 9.17) is 0 Å². The van der Waals surface area contributed by atoms with Crippen LogP contribution in [0.1, 0.15) is 10.5 Å². The molecule has 0 aliphatic rings. The molecule has 0 atom stereocenters. The summed E-state index contributed by atoms with van der Waals surface area (Å²) in [4.78, 5) is 18.5. The van der Waals surface area contributed by atoms with Crippen LogP contribution in [0.2, 0.25) is 0 Å². The summed E-state index contributed by atoms with van der Waals surface area (Å²) in [5, 5.41) is 0. The van der Waals surface area contributed by atoms with Gasteiger partial charge in [0.15, 0.2) is 5.65 Å². The van der Waals surface area contributed by atoms with Gasteiger partial charge >= 0.3 is 6.43 Å². The van der Waals surface area contributed by atoms with Crippen LogP contribution in [0.15, 0.2) is 24.8 Å². The molecule has 0 aromatic carbocycles. The molecule has 0 radical (unpaired) electrons. The fourth-order valence-corrected chi connectivity index (χ4v) is 1.14. The van der Waals surface area contributed by atoms with Gasteiger partial charge in [-0.1, -0.05) is 0 Å². The lowest BCUT2D eigenvalue weighted by molar-refractivity contribution is 0.0672. The molecule has 14 heavy (non-hydrogen) atoms. The van der Waals surface area contributed by atoms with Crippen LogP contribution < -0.4 is 0 Å². The van der Waals surface area contributed by atoms with E-state index in [1.165, 1.54) is 23.0 Å². The molecule has 0 aliphatic carbocycles. The Morgan fingerprint density at radius 3 is 2.93 bits per heavy atom. The van der Waals surface area contributed by atoms with E-state index < -0.39 is 12.2 Å². The summed E-state index contributed by atoms with van der Waals surface area (Å²) in [5.41, 5.74) is 0.244. The zero-order chi connectivity index (χ0) is 10.1. The predicted octanol–water partition coefficient (Wildman–Crippen LogP) is 1.18. The van der Waals surface area contributed by atoms with Crippen molar-refractivity contribution in [3.8, 4) is 0 Å². The lowest BCUT2D eigenvalue weighted by Crippen LogP contribution is -2.12. The molecule has 2 aromatic heterocycles. The highest BCUT2D eigenvalue weighted by molar-refractivity contribution is 5.97. The highest BCUT2D eigenvalue weighted by Crippen LogP contribution is 2.09. The van der Waals surface area contributed by atoms with Crippen LogP contribution in [-0.2, 0) is 0 Å². The molecule has 2 heterocycles. The zero-order valence-corrected chi connectivity index (χ0v) is 6.89. The topological polar surface area (TPSA) is 47.3 Å². The van der Waals surface area contributed by atoms with Gasteiger partial charge in [-0.05, 0) is 0 Å². The first kappa shape index (κ1) is 8.74. The number of aromatic nitrogens is 3. The number of ketones is 1. The van der Waals surface area contributed by atoms with Crippen molar-refractivity contribution < 1.29 is 13.6 Å². The second-order valence-corrected chi connectivity index (χ2v) is 2.61. The number of nitrogens with zero attached hydrogens (tertiary/aromatic N) is 3. The SMILES string of the molecule is O=C(c1cnc2cnccn12)C(F)F. The molecule has 0 bridgehead atoms. The van der Waals surface area contributed by atoms with Crippen molar-refractivity contribution in [2.24, 2.45) is 0 Å². The van der Waals surface area contributed by atoms with Gasteiger partial charge in [-0.2, -0.15) is 0 Å². The first-order valence-corrected chi connectivity index (χ1v) is 3.79. The predicted molar refractivity (Wildman–Crippen MR) is 43.3 cm³/mol. The van der Waals surface area contributed by atoms with Crippen LogP contribution in [0.3, 0.4) is 0 Å². The van der Waals surface area contributed by atoms with Crippen molar-refractivity contribution in [2.75, 3.05) is 0 Å². The van der Waals surface area contributed by atoms with Crippen molar-refractivity contribution in [3.63, 3.8) is 0 Å². The number of hydrogen-bond acceptors (Lipinski definition) is 3. The molecular formula is C8H5F2N3O. The van der Waals surface area contributed by atoms with Crippen molar-refractivity contribution in [1.82, 2.24) is 14.4 Å². The summed E-state index contributed by atoms with van der Waals surface area (Å²) in [5.74, 6) is -1.23. The fraction of sp³-hybridized carbons (Fsp3) is 0.125. The van der Waals surface area contributed by atoms with Crippen LogP contribution in [0.4, 0.5) is 8.78 Å². The van der Waals surface area contributed by atoms with Gasteiger partial charge in [0.05, 0.1) is 12.4 Å². The summed E-state index contributed by atoms with van der Waals surface area (Å²) < 4.78 is 25.5. The van der Waals surface area contributed by atoms with E-state index in [1.54, 1.807) is 0 Å². The molecule has 0 spiro atoms. The maximum Gasteiger partial charge on any atom is 0.302 e. The number of carbonyl (C=O) groups excluding carboxylic acids is 1. The Hall–Kier alpha value is -1.85. The van der Waals surface area contributed by atoms with Gasteiger partial charge in [-0.3, -0.25) is 14.2 Å². The van der Waals surface area contributed by atoms with Crippen LogP contribution in [-0.4, -0.2) is 26.6 Å². The normalized spacial score (nSPS) is 11.1. The second-order valence-electron chi connectivity index (χ2n) is 2.61. The first-order chi connectivity index (χ1) is 6.70. The van der Waals surface area contributed by atoms with Crippen molar-refractivity contribution in [2.45, 2.75) is 6.43 Å². The number of alkyl halides is 2. The van der Waals surface area contributed by atoms with Crippen LogP contribution in [0, 0.1) is 0 Å². The van der Waals surface area contributed by atoms with E-state index in [0.29, 0.717) is 5.65 Å². The molecule has 2 rings (SSSR count). The van der Waals surface area contributed by atoms with E-state index in [2.05, 4.69) is 9.97 Å². The second kappa shape index (κ2) is 3.13. The summed E-state index contributed by atoms with van der Waals surface area (Å²) in [6.07, 6.45) is 2.31. The molecule has 72 valence electrons. The Morgan fingerprint density at radius 1 is 1.43 bits per heavy atom. The Kier molecular flexibility index (Phi) is 1.95. The molecule has 0 N–H and O–H groups in total. The Balaban J connectivity index is 2.58. The third kappa shape index (κ3) is 1.24. The zero-order valence-electron chi connectivity index (χ0n) is 6.89. The number of carbonyl (C=O) groups is 1. The van der Waals surface area contributed by atoms with Gasteiger partial charge in [-0.15, -0.1) is 0 Å². The van der Waals surface area contributed by atoms with Gasteiger partial charge in [-0.25, -0.2) is 13.8 Å². The Morgan fingerprint density at radius 2 is 2.21 bits per heavy atom. The monoisotopic (exact) mass is 197 g/mol. The number of hydrogen-bond donors (Lipinski definition) is 0. The highest BCUT2D eigenvalue weighted by atomic mass is 19.3. The number of Topliss-reactive ketones (excluding diaryl/α,β-unsaturated/α-hetero) is 1. The molecule has 0 saturated carbocycles. The largest absolute Gasteiger partial charge is 0.302 e. The number of imidazole rings is 1. The van der Waals surface area contributed by atoms with Gasteiger partial charge in [0.25, 0.3) is 0 Å². The maximum atomic E-state index is 12.1. The highest BCUT2D eigenvalue weighted by Gasteiger charge is 2.21. The quantitative estimate of drug-likeness (QED) is 0.679. The molecule has 6 heteroatoms. The van der Waals surface area contributed by atoms with E-state index in [1.807, 2.05) is 0 Å². The Bertz CT molecular complexity index is 480. The Labute approximate surface area is 77.2 Å². The first-order valence-electron chi connectivity index (χ1n) is 3.79. The average Bonchev–Trinajstić information content (AvgIpc) is 2.60. The smallest absolute Gasteiger partial charge is 0.294 e. The molecule has 4 nitrogen and oxygen atoms in total. The third-order valence-corrected chi connectivity index (χ3v) is 1.77. The van der Waals surface area contributed by atoms with Gasteiger partial charge in [0.2, 0.25) is 5.78 Å². The molecule has 2 aromatic rings. The van der Waals surface area contributed by atoms with Gasteiger partial charge in [0, 0.05) is 12.4 Å². The van der Waals surface area contributed by atoms with Gasteiger partial charge in [0.1, 0.15) is 5.69 Å². The van der Waals surface area contributed by atoms with Crippen molar-refractivity contribution >= 4 is 11.4 Å². The summed E-state index contributed by atoms with van der Waals surface area (Å²) in [6, 6.07) is 0. The fourth-order valence-electron chi connectivity index (χ4n) is 1.14. The molecule has 0 amide bonds. The van der Waals surface area contributed by atoms with E-state index in [-0.39, 0.29) is 5.69 Å². The molecule has 0 aliphatic heterocycles. The van der Waals surface area contributed by atoms with Crippen LogP contribution in [0.25, 0.3) is 5.65 Å².